The van der Waals surface area contributed by atoms with Crippen molar-refractivity contribution in [3.8, 4) is 5.75 Å². The highest BCUT2D eigenvalue weighted by Crippen LogP contribution is 2.17. The lowest BCUT2D eigenvalue weighted by atomic mass is 10.0. The molecule has 16 heavy (non-hydrogen) atoms. The molecule has 3 heteroatoms. The maximum absolute atomic E-state index is 5.13. The van der Waals surface area contributed by atoms with E-state index in [4.69, 9.17) is 4.74 Å². The molecule has 0 atom stereocenters. The molecule has 0 spiro atoms. The first-order valence-electron chi connectivity index (χ1n) is 5.43. The summed E-state index contributed by atoms with van der Waals surface area (Å²) in [6.45, 7) is 2.23. The Hall–Kier alpha value is -0.990. The average Bonchev–Trinajstić information content (AvgIpc) is 2.31. The third-order valence-corrected chi connectivity index (χ3v) is 2.73. The minimum Gasteiger partial charge on any atom is -0.497 e. The molecule has 1 aliphatic rings. The maximum atomic E-state index is 5.13. The van der Waals surface area contributed by atoms with Gasteiger partial charge in [-0.2, -0.15) is 0 Å². The molecule has 0 amide bonds. The molecule has 1 saturated heterocycles. The van der Waals surface area contributed by atoms with E-state index in [-0.39, 0.29) is 12.4 Å². The zero-order valence-corrected chi connectivity index (χ0v) is 10.3. The van der Waals surface area contributed by atoms with Gasteiger partial charge in [-0.25, -0.2) is 0 Å². The third kappa shape index (κ3) is 3.54. The second kappa shape index (κ2) is 6.56. The van der Waals surface area contributed by atoms with Crippen LogP contribution in [0.2, 0.25) is 0 Å². The highest BCUT2D eigenvalue weighted by Gasteiger charge is 2.03. The number of piperidine rings is 1. The zero-order valence-electron chi connectivity index (χ0n) is 9.53. The summed E-state index contributed by atoms with van der Waals surface area (Å²) in [7, 11) is 1.69. The van der Waals surface area contributed by atoms with Crippen LogP contribution < -0.4 is 10.1 Å². The van der Waals surface area contributed by atoms with Crippen molar-refractivity contribution in [1.29, 1.82) is 0 Å². The van der Waals surface area contributed by atoms with Crippen LogP contribution >= 0.6 is 12.4 Å². The molecule has 2 nitrogen and oxygen atoms in total. The highest BCUT2D eigenvalue weighted by molar-refractivity contribution is 5.85. The summed E-state index contributed by atoms with van der Waals surface area (Å²) in [5, 5.41) is 3.36. The molecule has 0 aromatic heterocycles. The number of benzene rings is 1. The van der Waals surface area contributed by atoms with Crippen LogP contribution in [0.15, 0.2) is 29.8 Å². The van der Waals surface area contributed by atoms with Gasteiger partial charge in [0.05, 0.1) is 7.11 Å². The van der Waals surface area contributed by atoms with Gasteiger partial charge in [-0.3, -0.25) is 0 Å². The molecule has 1 fully saturated rings. The molecule has 1 aliphatic heterocycles. The van der Waals surface area contributed by atoms with Gasteiger partial charge in [-0.05, 0) is 43.6 Å². The van der Waals surface area contributed by atoms with Gasteiger partial charge in [0.15, 0.2) is 0 Å². The first-order chi connectivity index (χ1) is 7.38. The minimum atomic E-state index is 0. The van der Waals surface area contributed by atoms with E-state index in [1.54, 1.807) is 12.7 Å². The predicted octanol–water partition coefficient (Wildman–Crippen LogP) is 2.88. The fourth-order valence-electron chi connectivity index (χ4n) is 1.83. The largest absolute Gasteiger partial charge is 0.497 e. The molecule has 0 aliphatic carbocycles. The average molecular weight is 240 g/mol. The minimum absolute atomic E-state index is 0. The second-order valence-corrected chi connectivity index (χ2v) is 3.83. The van der Waals surface area contributed by atoms with Crippen molar-refractivity contribution in [1.82, 2.24) is 5.32 Å². The van der Waals surface area contributed by atoms with Crippen LogP contribution in [0.4, 0.5) is 0 Å². The van der Waals surface area contributed by atoms with E-state index in [1.807, 2.05) is 12.1 Å². The van der Waals surface area contributed by atoms with Gasteiger partial charge in [0.1, 0.15) is 5.75 Å². The number of methoxy groups -OCH3 is 1. The van der Waals surface area contributed by atoms with Crippen molar-refractivity contribution in [2.45, 2.75) is 12.8 Å². The van der Waals surface area contributed by atoms with E-state index in [1.165, 1.54) is 18.4 Å². The molecular weight excluding hydrogens is 222 g/mol. The lowest BCUT2D eigenvalue weighted by molar-refractivity contribution is 0.415. The number of halogens is 1. The molecule has 1 heterocycles. The van der Waals surface area contributed by atoms with Gasteiger partial charge in [0.2, 0.25) is 0 Å². The monoisotopic (exact) mass is 239 g/mol. The molecule has 1 aromatic rings. The maximum Gasteiger partial charge on any atom is 0.118 e. The van der Waals surface area contributed by atoms with Crippen LogP contribution in [0, 0.1) is 0 Å². The molecule has 0 radical (unpaired) electrons. The Kier molecular flexibility index (Phi) is 5.36. The number of nitrogens with one attached hydrogen (secondary N) is 1. The molecule has 1 N–H and O–H groups in total. The Balaban J connectivity index is 0.00000128. The van der Waals surface area contributed by atoms with Crippen molar-refractivity contribution >= 4 is 18.5 Å². The molecule has 88 valence electrons. The Morgan fingerprint density at radius 3 is 2.31 bits per heavy atom. The van der Waals surface area contributed by atoms with Crippen molar-refractivity contribution < 1.29 is 4.74 Å². The first-order valence-corrected chi connectivity index (χ1v) is 5.43. The molecule has 2 rings (SSSR count). The van der Waals surface area contributed by atoms with E-state index in [0.717, 1.165) is 18.8 Å². The topological polar surface area (TPSA) is 21.3 Å². The fourth-order valence-corrected chi connectivity index (χ4v) is 1.83. The van der Waals surface area contributed by atoms with Crippen LogP contribution in [0.5, 0.6) is 5.75 Å². The van der Waals surface area contributed by atoms with Crippen LogP contribution in [0.25, 0.3) is 6.08 Å². The lowest BCUT2D eigenvalue weighted by Crippen LogP contribution is -2.22. The first kappa shape index (κ1) is 13.1. The van der Waals surface area contributed by atoms with Crippen molar-refractivity contribution in [2.75, 3.05) is 20.2 Å². The van der Waals surface area contributed by atoms with Crippen LogP contribution in [-0.2, 0) is 0 Å². The van der Waals surface area contributed by atoms with Gasteiger partial charge < -0.3 is 10.1 Å². The van der Waals surface area contributed by atoms with Gasteiger partial charge in [0, 0.05) is 0 Å². The van der Waals surface area contributed by atoms with Gasteiger partial charge in [0.25, 0.3) is 0 Å². The molecule has 0 bridgehead atoms. The third-order valence-electron chi connectivity index (χ3n) is 2.73. The lowest BCUT2D eigenvalue weighted by Gasteiger charge is -2.15. The number of hydrogen-bond acceptors (Lipinski definition) is 2. The van der Waals surface area contributed by atoms with E-state index < -0.39 is 0 Å². The Bertz CT molecular complexity index is 337. The summed E-state index contributed by atoms with van der Waals surface area (Å²) in [5.74, 6) is 0.919. The van der Waals surface area contributed by atoms with Crippen LogP contribution in [0.1, 0.15) is 18.4 Å². The number of hydrogen-bond donors (Lipinski definition) is 1. The zero-order chi connectivity index (χ0) is 10.5. The number of rotatable bonds is 2. The Morgan fingerprint density at radius 2 is 1.75 bits per heavy atom. The summed E-state index contributed by atoms with van der Waals surface area (Å²) in [6, 6.07) is 8.22. The van der Waals surface area contributed by atoms with Crippen molar-refractivity contribution in [2.24, 2.45) is 0 Å². The van der Waals surface area contributed by atoms with Gasteiger partial charge >= 0.3 is 0 Å². The second-order valence-electron chi connectivity index (χ2n) is 3.83. The molecular formula is C13H18ClNO. The Morgan fingerprint density at radius 1 is 1.12 bits per heavy atom. The highest BCUT2D eigenvalue weighted by atomic mass is 35.5. The van der Waals surface area contributed by atoms with Crippen LogP contribution in [-0.4, -0.2) is 20.2 Å². The van der Waals surface area contributed by atoms with Crippen molar-refractivity contribution in [3.05, 3.63) is 35.4 Å². The van der Waals surface area contributed by atoms with E-state index in [0.29, 0.717) is 0 Å². The summed E-state index contributed by atoms with van der Waals surface area (Å²) >= 11 is 0. The normalized spacial score (nSPS) is 15.2. The standard InChI is InChI=1S/C13H17NO.ClH/c1-15-13-4-2-11(3-5-13)10-12-6-8-14-9-7-12;/h2-5,10,14H,6-9H2,1H3;1H. The van der Waals surface area contributed by atoms with Gasteiger partial charge in [-0.1, -0.05) is 23.8 Å². The quantitative estimate of drug-likeness (QED) is 0.857. The SMILES string of the molecule is COc1ccc(C=C2CCNCC2)cc1.Cl. The van der Waals surface area contributed by atoms with Crippen LogP contribution in [0.3, 0.4) is 0 Å². The Labute approximate surface area is 103 Å². The molecule has 1 aromatic carbocycles. The van der Waals surface area contributed by atoms with Gasteiger partial charge in [-0.15, -0.1) is 12.4 Å². The number of ether oxygens (including phenoxy) is 1. The predicted molar refractivity (Wildman–Crippen MR) is 70.3 cm³/mol. The summed E-state index contributed by atoms with van der Waals surface area (Å²) < 4.78 is 5.13. The molecule has 0 unspecified atom stereocenters. The smallest absolute Gasteiger partial charge is 0.118 e. The van der Waals surface area contributed by atoms with E-state index in [9.17, 15) is 0 Å². The van der Waals surface area contributed by atoms with E-state index >= 15 is 0 Å². The molecule has 0 saturated carbocycles. The summed E-state index contributed by atoms with van der Waals surface area (Å²) in [5.41, 5.74) is 2.81. The summed E-state index contributed by atoms with van der Waals surface area (Å²) in [4.78, 5) is 0. The van der Waals surface area contributed by atoms with E-state index in [2.05, 4.69) is 23.5 Å². The summed E-state index contributed by atoms with van der Waals surface area (Å²) in [6.07, 6.45) is 4.64. The van der Waals surface area contributed by atoms with Crippen molar-refractivity contribution in [3.63, 3.8) is 0 Å². The fraction of sp³-hybridized carbons (Fsp3) is 0.385.